The van der Waals surface area contributed by atoms with E-state index in [2.05, 4.69) is 47.1 Å². The number of benzene rings is 2. The lowest BCUT2D eigenvalue weighted by atomic mass is 10.0. The lowest BCUT2D eigenvalue weighted by Crippen LogP contribution is -2.47. The standard InChI is InChI=1S/C24H33N3O2/c1-3-4-5-9-16-26-23(28)18-27-24(29)22(25-2)17-19-12-14-21(15-13-19)20-10-7-6-8-11-20/h6-8,10-15,22,25H,3-5,9,16-18H2,1-2H3,(H,26,28)(H,27,29). The van der Waals surface area contributed by atoms with Crippen LogP contribution in [0.3, 0.4) is 0 Å². The van der Waals surface area contributed by atoms with Crippen LogP contribution in [0.2, 0.25) is 0 Å². The number of carbonyl (C=O) groups is 2. The van der Waals surface area contributed by atoms with Gasteiger partial charge in [-0.05, 0) is 36.6 Å². The molecule has 0 aliphatic carbocycles. The van der Waals surface area contributed by atoms with Crippen LogP contribution in [0.1, 0.15) is 38.2 Å². The molecule has 3 N–H and O–H groups in total. The van der Waals surface area contributed by atoms with Gasteiger partial charge in [0.2, 0.25) is 11.8 Å². The van der Waals surface area contributed by atoms with Gasteiger partial charge in [-0.15, -0.1) is 0 Å². The summed E-state index contributed by atoms with van der Waals surface area (Å²) in [6.45, 7) is 2.83. The van der Waals surface area contributed by atoms with Crippen LogP contribution in [0.5, 0.6) is 0 Å². The molecule has 29 heavy (non-hydrogen) atoms. The SMILES string of the molecule is CCCCCCNC(=O)CNC(=O)C(Cc1ccc(-c2ccccc2)cc1)NC. The predicted molar refractivity (Wildman–Crippen MR) is 119 cm³/mol. The van der Waals surface area contributed by atoms with Crippen LogP contribution >= 0.6 is 0 Å². The Balaban J connectivity index is 1.78. The Labute approximate surface area is 174 Å². The highest BCUT2D eigenvalue weighted by atomic mass is 16.2. The quantitative estimate of drug-likeness (QED) is 0.483. The molecule has 156 valence electrons. The molecule has 0 spiro atoms. The summed E-state index contributed by atoms with van der Waals surface area (Å²) in [5.74, 6) is -0.308. The van der Waals surface area contributed by atoms with Crippen molar-refractivity contribution >= 4 is 11.8 Å². The first-order chi connectivity index (χ1) is 14.1. The van der Waals surface area contributed by atoms with Crippen molar-refractivity contribution < 1.29 is 9.59 Å². The van der Waals surface area contributed by atoms with Crippen LogP contribution in [0.4, 0.5) is 0 Å². The van der Waals surface area contributed by atoms with Crippen LogP contribution in [0.25, 0.3) is 11.1 Å². The topological polar surface area (TPSA) is 70.2 Å². The molecule has 2 rings (SSSR count). The zero-order valence-corrected chi connectivity index (χ0v) is 17.5. The first kappa shape index (κ1) is 22.6. The molecule has 0 saturated carbocycles. The summed E-state index contributed by atoms with van der Waals surface area (Å²) < 4.78 is 0. The Bertz CT molecular complexity index is 744. The number of rotatable bonds is 12. The van der Waals surface area contributed by atoms with E-state index in [9.17, 15) is 9.59 Å². The molecule has 1 unspecified atom stereocenters. The second kappa shape index (κ2) is 12.7. The lowest BCUT2D eigenvalue weighted by molar-refractivity contribution is -0.127. The first-order valence-electron chi connectivity index (χ1n) is 10.5. The molecular formula is C24H33N3O2. The number of hydrogen-bond acceptors (Lipinski definition) is 3. The molecular weight excluding hydrogens is 362 g/mol. The van der Waals surface area contributed by atoms with E-state index < -0.39 is 0 Å². The number of likely N-dealkylation sites (N-methyl/N-ethyl adjacent to an activating group) is 1. The number of nitrogens with one attached hydrogen (secondary N) is 3. The third-order valence-corrected chi connectivity index (χ3v) is 4.94. The fourth-order valence-corrected chi connectivity index (χ4v) is 3.16. The molecule has 5 heteroatoms. The third kappa shape index (κ3) is 8.08. The average molecular weight is 396 g/mol. The van der Waals surface area contributed by atoms with Crippen molar-refractivity contribution in [1.82, 2.24) is 16.0 Å². The molecule has 0 aliphatic heterocycles. The highest BCUT2D eigenvalue weighted by Crippen LogP contribution is 2.19. The highest BCUT2D eigenvalue weighted by molar-refractivity contribution is 5.87. The van der Waals surface area contributed by atoms with Crippen LogP contribution < -0.4 is 16.0 Å². The summed E-state index contributed by atoms with van der Waals surface area (Å²) in [7, 11) is 1.76. The van der Waals surface area contributed by atoms with E-state index in [-0.39, 0.29) is 24.4 Å². The van der Waals surface area contributed by atoms with Gasteiger partial charge in [-0.25, -0.2) is 0 Å². The first-order valence-corrected chi connectivity index (χ1v) is 10.5. The minimum absolute atomic E-state index is 0.0116. The van der Waals surface area contributed by atoms with E-state index in [4.69, 9.17) is 0 Å². The van der Waals surface area contributed by atoms with Crippen LogP contribution in [-0.4, -0.2) is 38.0 Å². The van der Waals surface area contributed by atoms with Crippen molar-refractivity contribution in [3.63, 3.8) is 0 Å². The monoisotopic (exact) mass is 395 g/mol. The zero-order valence-electron chi connectivity index (χ0n) is 17.5. The summed E-state index contributed by atoms with van der Waals surface area (Å²) in [5.41, 5.74) is 3.39. The molecule has 0 saturated heterocycles. The zero-order chi connectivity index (χ0) is 20.9. The molecule has 2 aromatic rings. The van der Waals surface area contributed by atoms with Crippen LogP contribution in [0.15, 0.2) is 54.6 Å². The smallest absolute Gasteiger partial charge is 0.239 e. The summed E-state index contributed by atoms with van der Waals surface area (Å²) in [6.07, 6.45) is 5.02. The normalized spacial score (nSPS) is 11.7. The van der Waals surface area contributed by atoms with E-state index in [0.717, 1.165) is 24.0 Å². The summed E-state index contributed by atoms with van der Waals surface area (Å²) >= 11 is 0. The Morgan fingerprint density at radius 3 is 2.21 bits per heavy atom. The van der Waals surface area contributed by atoms with Gasteiger partial charge in [0.1, 0.15) is 0 Å². The second-order valence-corrected chi connectivity index (χ2v) is 7.24. The van der Waals surface area contributed by atoms with E-state index in [1.807, 2.05) is 30.3 Å². The van der Waals surface area contributed by atoms with Gasteiger partial charge < -0.3 is 16.0 Å². The Morgan fingerprint density at radius 2 is 1.55 bits per heavy atom. The fraction of sp³-hybridized carbons (Fsp3) is 0.417. The minimum atomic E-state index is -0.380. The van der Waals surface area contributed by atoms with Gasteiger partial charge in [0, 0.05) is 6.54 Å². The van der Waals surface area contributed by atoms with Crippen molar-refractivity contribution in [1.29, 1.82) is 0 Å². The molecule has 2 aromatic carbocycles. The summed E-state index contributed by atoms with van der Waals surface area (Å²) in [4.78, 5) is 24.3. The Hall–Kier alpha value is -2.66. The van der Waals surface area contributed by atoms with E-state index in [1.165, 1.54) is 18.4 Å². The van der Waals surface area contributed by atoms with Crippen LogP contribution in [0, 0.1) is 0 Å². The number of carbonyl (C=O) groups excluding carboxylic acids is 2. The van der Waals surface area contributed by atoms with Gasteiger partial charge in [-0.1, -0.05) is 80.8 Å². The molecule has 0 aliphatic rings. The van der Waals surface area contributed by atoms with E-state index in [1.54, 1.807) is 7.05 Å². The number of amides is 2. The Morgan fingerprint density at radius 1 is 0.862 bits per heavy atom. The molecule has 0 radical (unpaired) electrons. The van der Waals surface area contributed by atoms with Crippen molar-refractivity contribution in [3.8, 4) is 11.1 Å². The number of hydrogen-bond donors (Lipinski definition) is 3. The molecule has 0 fully saturated rings. The molecule has 2 amide bonds. The maximum atomic E-state index is 12.4. The summed E-state index contributed by atoms with van der Waals surface area (Å²) in [6, 6.07) is 18.0. The maximum Gasteiger partial charge on any atom is 0.239 e. The minimum Gasteiger partial charge on any atom is -0.355 e. The van der Waals surface area contributed by atoms with E-state index >= 15 is 0 Å². The van der Waals surface area contributed by atoms with Gasteiger partial charge in [-0.3, -0.25) is 9.59 Å². The highest BCUT2D eigenvalue weighted by Gasteiger charge is 2.17. The Kier molecular flexibility index (Phi) is 9.93. The van der Waals surface area contributed by atoms with Crippen molar-refractivity contribution in [2.75, 3.05) is 20.1 Å². The van der Waals surface area contributed by atoms with Gasteiger partial charge in [0.05, 0.1) is 12.6 Å². The largest absolute Gasteiger partial charge is 0.355 e. The fourth-order valence-electron chi connectivity index (χ4n) is 3.16. The molecule has 5 nitrogen and oxygen atoms in total. The average Bonchev–Trinajstić information content (AvgIpc) is 2.76. The van der Waals surface area contributed by atoms with Gasteiger partial charge in [-0.2, -0.15) is 0 Å². The van der Waals surface area contributed by atoms with Crippen LogP contribution in [-0.2, 0) is 16.0 Å². The van der Waals surface area contributed by atoms with E-state index in [0.29, 0.717) is 13.0 Å². The van der Waals surface area contributed by atoms with Gasteiger partial charge in [0.15, 0.2) is 0 Å². The van der Waals surface area contributed by atoms with Crippen molar-refractivity contribution in [3.05, 3.63) is 60.2 Å². The molecule has 0 heterocycles. The lowest BCUT2D eigenvalue weighted by Gasteiger charge is -2.16. The molecule has 0 aromatic heterocycles. The summed E-state index contributed by atoms with van der Waals surface area (Å²) in [5, 5.41) is 8.62. The van der Waals surface area contributed by atoms with Crippen molar-refractivity contribution in [2.45, 2.75) is 45.1 Å². The molecule has 1 atom stereocenters. The molecule has 0 bridgehead atoms. The maximum absolute atomic E-state index is 12.4. The van der Waals surface area contributed by atoms with Crippen molar-refractivity contribution in [2.24, 2.45) is 0 Å². The number of unbranched alkanes of at least 4 members (excludes halogenated alkanes) is 3. The predicted octanol–water partition coefficient (Wildman–Crippen LogP) is 3.30. The second-order valence-electron chi connectivity index (χ2n) is 7.24. The van der Waals surface area contributed by atoms with Gasteiger partial charge >= 0.3 is 0 Å². The third-order valence-electron chi connectivity index (χ3n) is 4.94. The van der Waals surface area contributed by atoms with Gasteiger partial charge in [0.25, 0.3) is 0 Å².